The Labute approximate surface area is 67.4 Å². The molecule has 4 heteroatoms. The van der Waals surface area contributed by atoms with E-state index in [1.54, 1.807) is 6.92 Å². The zero-order chi connectivity index (χ0) is 9.44. The topological polar surface area (TPSA) is 64.8 Å². The molecular formula is C7H17NO3. The molecule has 2 N–H and O–H groups in total. The summed E-state index contributed by atoms with van der Waals surface area (Å²) in [6.45, 7) is 1.57. The van der Waals surface area contributed by atoms with Crippen LogP contribution in [0.15, 0.2) is 0 Å². The highest BCUT2D eigenvalue weighted by Gasteiger charge is 1.96. The molecule has 1 atom stereocenters. The Kier molecular flexibility index (Phi) is 8.87. The molecule has 0 aliphatic carbocycles. The van der Waals surface area contributed by atoms with Crippen molar-refractivity contribution in [2.45, 2.75) is 19.4 Å². The van der Waals surface area contributed by atoms with Crippen molar-refractivity contribution in [3.63, 3.8) is 0 Å². The van der Waals surface area contributed by atoms with Gasteiger partial charge >= 0.3 is 0 Å². The lowest BCUT2D eigenvalue weighted by atomic mass is 10.3. The molecule has 0 saturated heterocycles. The number of carbonyl (C=O) groups excluding carboxylic acids is 1. The van der Waals surface area contributed by atoms with Gasteiger partial charge in [-0.15, -0.1) is 0 Å². The van der Waals surface area contributed by atoms with Crippen molar-refractivity contribution in [3.8, 4) is 0 Å². The van der Waals surface area contributed by atoms with Crippen molar-refractivity contribution in [2.24, 2.45) is 0 Å². The highest BCUT2D eigenvalue weighted by atomic mass is 16.4. The summed E-state index contributed by atoms with van der Waals surface area (Å²) in [7, 11) is 6.25. The van der Waals surface area contributed by atoms with Crippen LogP contribution in [0.4, 0.5) is 0 Å². The van der Waals surface area contributed by atoms with E-state index < -0.39 is 12.1 Å². The molecule has 68 valence electrons. The summed E-state index contributed by atoms with van der Waals surface area (Å²) in [5, 5.41) is 17.8. The second kappa shape index (κ2) is 7.50. The van der Waals surface area contributed by atoms with Crippen LogP contribution in [0.3, 0.4) is 0 Å². The average molecular weight is 163 g/mol. The predicted molar refractivity (Wildman–Crippen MR) is 40.0 cm³/mol. The number of aliphatic hydroxyl groups excluding tert-OH is 1. The third-order valence-electron chi connectivity index (χ3n) is 0.659. The highest BCUT2D eigenvalue weighted by Crippen LogP contribution is 1.83. The van der Waals surface area contributed by atoms with Gasteiger partial charge in [0.2, 0.25) is 0 Å². The lowest BCUT2D eigenvalue weighted by molar-refractivity contribution is -0.836. The normalized spacial score (nSPS) is 11.8. The standard InChI is InChI=1S/C4H8O3.C3H9N/c1-2-3(5)4(6)7;1-4(2)3/h3,5H,2H2,1H3,(H,6,7);1-3H3/t3-;/m1./s1. The van der Waals surface area contributed by atoms with Crippen LogP contribution >= 0.6 is 0 Å². The zero-order valence-corrected chi connectivity index (χ0v) is 7.55. The maximum Gasteiger partial charge on any atom is 0.0931 e. The number of aliphatic hydroxyl groups is 1. The molecule has 0 heterocycles. The second-order valence-electron chi connectivity index (χ2n) is 2.74. The molecule has 0 amide bonds. The summed E-state index contributed by atoms with van der Waals surface area (Å²) in [4.78, 5) is 11.0. The third kappa shape index (κ3) is 17.7. The molecule has 4 nitrogen and oxygen atoms in total. The molecule has 0 aliphatic heterocycles. The first kappa shape index (κ1) is 13.0. The summed E-state index contributed by atoms with van der Waals surface area (Å²) in [6.07, 6.45) is -1.08. The van der Waals surface area contributed by atoms with Crippen molar-refractivity contribution in [3.05, 3.63) is 0 Å². The van der Waals surface area contributed by atoms with Crippen LogP contribution in [0.1, 0.15) is 13.3 Å². The zero-order valence-electron chi connectivity index (χ0n) is 7.55. The Morgan fingerprint density at radius 2 is 1.82 bits per heavy atom. The Morgan fingerprint density at radius 1 is 1.55 bits per heavy atom. The van der Waals surface area contributed by atoms with Crippen molar-refractivity contribution in [1.82, 2.24) is 0 Å². The lowest BCUT2D eigenvalue weighted by Gasteiger charge is -2.05. The van der Waals surface area contributed by atoms with E-state index >= 15 is 0 Å². The first-order valence-corrected chi connectivity index (χ1v) is 3.57. The van der Waals surface area contributed by atoms with Crippen molar-refractivity contribution in [2.75, 3.05) is 21.1 Å². The van der Waals surface area contributed by atoms with Gasteiger partial charge in [-0.1, -0.05) is 6.92 Å². The molecule has 0 unspecified atom stereocenters. The molecule has 11 heavy (non-hydrogen) atoms. The number of aliphatic carboxylic acids is 1. The quantitative estimate of drug-likeness (QED) is 0.464. The average Bonchev–Trinajstić information content (AvgIpc) is 1.85. The van der Waals surface area contributed by atoms with Gasteiger partial charge in [0.1, 0.15) is 0 Å². The van der Waals surface area contributed by atoms with Gasteiger partial charge in [-0.3, -0.25) is 0 Å². The van der Waals surface area contributed by atoms with E-state index in [1.165, 1.54) is 4.90 Å². The van der Waals surface area contributed by atoms with E-state index in [0.29, 0.717) is 0 Å². The smallest absolute Gasteiger partial charge is 0.0931 e. The summed E-state index contributed by atoms with van der Waals surface area (Å²) >= 11 is 0. The van der Waals surface area contributed by atoms with E-state index in [4.69, 9.17) is 5.11 Å². The first-order chi connectivity index (χ1) is 4.91. The second-order valence-corrected chi connectivity index (χ2v) is 2.74. The minimum absolute atomic E-state index is 0.211. The van der Waals surface area contributed by atoms with Gasteiger partial charge < -0.3 is 19.9 Å². The molecule has 0 fully saturated rings. The van der Waals surface area contributed by atoms with Crippen molar-refractivity contribution in [1.29, 1.82) is 0 Å². The predicted octanol–water partition coefficient (Wildman–Crippen LogP) is -2.73. The van der Waals surface area contributed by atoms with E-state index in [0.717, 1.165) is 0 Å². The number of nitrogens with one attached hydrogen (secondary N) is 1. The van der Waals surface area contributed by atoms with Gasteiger partial charge in [0, 0.05) is 0 Å². The van der Waals surface area contributed by atoms with Crippen LogP contribution in [0.25, 0.3) is 0 Å². The first-order valence-electron chi connectivity index (χ1n) is 3.57. The van der Waals surface area contributed by atoms with Gasteiger partial charge in [-0.25, -0.2) is 0 Å². The lowest BCUT2D eigenvalue weighted by Crippen LogP contribution is -3.02. The number of carboxylic acids is 1. The van der Waals surface area contributed by atoms with Crippen LogP contribution in [0.2, 0.25) is 0 Å². The van der Waals surface area contributed by atoms with E-state index in [2.05, 4.69) is 21.1 Å². The van der Waals surface area contributed by atoms with Gasteiger partial charge in [0.05, 0.1) is 33.2 Å². The van der Waals surface area contributed by atoms with Crippen LogP contribution in [-0.4, -0.2) is 38.3 Å². The molecular weight excluding hydrogens is 146 g/mol. The van der Waals surface area contributed by atoms with Crippen LogP contribution in [0.5, 0.6) is 0 Å². The highest BCUT2D eigenvalue weighted by molar-refractivity contribution is 5.69. The maximum atomic E-state index is 9.57. The molecule has 0 saturated carbocycles. The Hall–Kier alpha value is -0.610. The Morgan fingerprint density at radius 3 is 1.82 bits per heavy atom. The number of carbonyl (C=O) groups is 1. The fraction of sp³-hybridized carbons (Fsp3) is 0.857. The molecule has 0 aromatic carbocycles. The number of rotatable bonds is 2. The van der Waals surface area contributed by atoms with Crippen LogP contribution in [-0.2, 0) is 4.79 Å². The van der Waals surface area contributed by atoms with Gasteiger partial charge in [0.15, 0.2) is 0 Å². The number of hydrogen-bond acceptors (Lipinski definition) is 3. The number of carboxylic acid groups (broad SMARTS) is 1. The minimum atomic E-state index is -1.40. The minimum Gasteiger partial charge on any atom is -0.547 e. The summed E-state index contributed by atoms with van der Waals surface area (Å²) in [5.41, 5.74) is 0. The fourth-order valence-electron chi connectivity index (χ4n) is 0.167. The van der Waals surface area contributed by atoms with Crippen LogP contribution in [0, 0.1) is 0 Å². The summed E-state index contributed by atoms with van der Waals surface area (Å²) in [6, 6.07) is 0. The summed E-state index contributed by atoms with van der Waals surface area (Å²) in [5.74, 6) is -1.40. The van der Waals surface area contributed by atoms with Gasteiger partial charge in [0.25, 0.3) is 0 Å². The molecule has 0 aromatic rings. The van der Waals surface area contributed by atoms with E-state index in [1.807, 2.05) is 0 Å². The fourth-order valence-corrected chi connectivity index (χ4v) is 0.167. The Bertz CT molecular complexity index is 101. The van der Waals surface area contributed by atoms with Crippen LogP contribution < -0.4 is 10.0 Å². The molecule has 0 radical (unpaired) electrons. The Balaban J connectivity index is 0. The monoisotopic (exact) mass is 163 g/mol. The third-order valence-corrected chi connectivity index (χ3v) is 0.659. The molecule has 0 spiro atoms. The molecule has 0 aliphatic rings. The maximum absolute atomic E-state index is 9.57. The van der Waals surface area contributed by atoms with E-state index in [-0.39, 0.29) is 6.42 Å². The SMILES string of the molecule is CC[C@@H](O)C(=O)[O-].C[NH+](C)C. The van der Waals surface area contributed by atoms with E-state index in [9.17, 15) is 9.90 Å². The summed E-state index contributed by atoms with van der Waals surface area (Å²) < 4.78 is 0. The van der Waals surface area contributed by atoms with Crippen molar-refractivity contribution < 1.29 is 19.9 Å². The van der Waals surface area contributed by atoms with Gasteiger partial charge in [-0.2, -0.15) is 0 Å². The number of quaternary nitrogens is 1. The van der Waals surface area contributed by atoms with Crippen molar-refractivity contribution >= 4 is 5.97 Å². The molecule has 0 aromatic heterocycles. The number of hydrogen-bond donors (Lipinski definition) is 2. The molecule has 0 bridgehead atoms. The largest absolute Gasteiger partial charge is 0.547 e. The molecule has 0 rings (SSSR count). The van der Waals surface area contributed by atoms with Gasteiger partial charge in [-0.05, 0) is 6.42 Å².